The molecule has 4 aromatic rings. The number of aromatic nitrogens is 6. The molecule has 0 saturated carbocycles. The first-order valence-electron chi connectivity index (χ1n) is 8.78. The summed E-state index contributed by atoms with van der Waals surface area (Å²) >= 11 is 3.64. The number of aryl methyl sites for hydroxylation is 1. The summed E-state index contributed by atoms with van der Waals surface area (Å²) in [6.07, 6.45) is 2.74. The van der Waals surface area contributed by atoms with E-state index in [0.717, 1.165) is 27.8 Å². The summed E-state index contributed by atoms with van der Waals surface area (Å²) < 4.78 is 4.32. The molecule has 2 aromatic carbocycles. The van der Waals surface area contributed by atoms with Gasteiger partial charge in [0.1, 0.15) is 4.60 Å². The lowest BCUT2D eigenvalue weighted by molar-refractivity contribution is 0.653. The zero-order valence-electron chi connectivity index (χ0n) is 15.1. The molecule has 0 amide bonds. The highest BCUT2D eigenvalue weighted by molar-refractivity contribution is 9.10. The van der Waals surface area contributed by atoms with Crippen molar-refractivity contribution in [3.05, 3.63) is 76.0 Å². The third-order valence-corrected chi connectivity index (χ3v) is 5.25. The van der Waals surface area contributed by atoms with Gasteiger partial charge in [-0.05, 0) is 68.2 Å². The lowest BCUT2D eigenvalue weighted by Crippen LogP contribution is -2.04. The summed E-state index contributed by atoms with van der Waals surface area (Å²) in [5.41, 5.74) is 4.67. The van der Waals surface area contributed by atoms with E-state index in [4.69, 9.17) is 5.26 Å². The van der Waals surface area contributed by atoms with Gasteiger partial charge < -0.3 is 0 Å². The van der Waals surface area contributed by atoms with Gasteiger partial charge in [0.15, 0.2) is 5.82 Å². The quantitative estimate of drug-likeness (QED) is 0.478. The molecular formula is C20H16BrN7. The summed E-state index contributed by atoms with van der Waals surface area (Å²) in [7, 11) is 0. The van der Waals surface area contributed by atoms with Crippen LogP contribution in [0.5, 0.6) is 0 Å². The molecule has 0 fully saturated rings. The average Bonchev–Trinajstić information content (AvgIpc) is 3.34. The van der Waals surface area contributed by atoms with E-state index < -0.39 is 0 Å². The third-order valence-electron chi connectivity index (χ3n) is 4.49. The van der Waals surface area contributed by atoms with Crippen LogP contribution in [-0.2, 0) is 13.0 Å². The Morgan fingerprint density at radius 3 is 2.43 bits per heavy atom. The summed E-state index contributed by atoms with van der Waals surface area (Å²) in [6, 6.07) is 17.8. The van der Waals surface area contributed by atoms with Crippen molar-refractivity contribution in [3.63, 3.8) is 0 Å². The maximum absolute atomic E-state index is 8.93. The molecule has 7 nitrogen and oxygen atoms in total. The van der Waals surface area contributed by atoms with Gasteiger partial charge in [0.25, 0.3) is 0 Å². The molecule has 2 aromatic heterocycles. The number of nitriles is 1. The monoisotopic (exact) mass is 433 g/mol. The van der Waals surface area contributed by atoms with E-state index in [-0.39, 0.29) is 0 Å². The Bertz CT molecular complexity index is 1130. The van der Waals surface area contributed by atoms with Crippen LogP contribution in [0, 0.1) is 11.3 Å². The summed E-state index contributed by atoms with van der Waals surface area (Å²) in [5.74, 6) is 0.618. The maximum atomic E-state index is 8.93. The molecule has 0 N–H and O–H groups in total. The molecule has 138 valence electrons. The summed E-state index contributed by atoms with van der Waals surface area (Å²) in [5, 5.41) is 25.5. The molecule has 0 spiro atoms. The van der Waals surface area contributed by atoms with Crippen LogP contribution >= 0.6 is 15.9 Å². The van der Waals surface area contributed by atoms with Crippen molar-refractivity contribution in [1.29, 1.82) is 5.26 Å². The van der Waals surface area contributed by atoms with E-state index in [1.54, 1.807) is 23.0 Å². The Labute approximate surface area is 170 Å². The molecule has 0 bridgehead atoms. The fraction of sp³-hybridized carbons (Fsp3) is 0.150. The minimum Gasteiger partial charge on any atom is -0.226 e. The minimum atomic E-state index is 0.497. The molecule has 8 heteroatoms. The highest BCUT2D eigenvalue weighted by atomic mass is 79.9. The molecule has 0 saturated heterocycles. The van der Waals surface area contributed by atoms with Crippen molar-refractivity contribution in [2.45, 2.75) is 19.9 Å². The van der Waals surface area contributed by atoms with Crippen molar-refractivity contribution in [2.24, 2.45) is 0 Å². The second kappa shape index (κ2) is 7.74. The molecule has 0 radical (unpaired) electrons. The van der Waals surface area contributed by atoms with Gasteiger partial charge >= 0.3 is 0 Å². The summed E-state index contributed by atoms with van der Waals surface area (Å²) in [4.78, 5) is 0. The zero-order valence-corrected chi connectivity index (χ0v) is 16.7. The molecule has 0 aliphatic carbocycles. The van der Waals surface area contributed by atoms with Gasteiger partial charge in [0.05, 0.1) is 35.6 Å². The molecule has 0 atom stereocenters. The van der Waals surface area contributed by atoms with Crippen LogP contribution in [0.3, 0.4) is 0 Å². The van der Waals surface area contributed by atoms with Crippen molar-refractivity contribution in [2.75, 3.05) is 0 Å². The van der Waals surface area contributed by atoms with Crippen LogP contribution < -0.4 is 0 Å². The molecular weight excluding hydrogens is 418 g/mol. The number of hydrogen-bond acceptors (Lipinski definition) is 5. The molecule has 2 heterocycles. The normalized spacial score (nSPS) is 10.8. The lowest BCUT2D eigenvalue weighted by Gasteiger charge is -2.06. The lowest BCUT2D eigenvalue weighted by atomic mass is 10.1. The number of halogens is 1. The van der Waals surface area contributed by atoms with Crippen LogP contribution in [0.4, 0.5) is 0 Å². The van der Waals surface area contributed by atoms with E-state index in [1.807, 2.05) is 28.9 Å². The van der Waals surface area contributed by atoms with Crippen LogP contribution in [0.1, 0.15) is 23.6 Å². The highest BCUT2D eigenvalue weighted by Gasteiger charge is 2.18. The first kappa shape index (κ1) is 18.1. The van der Waals surface area contributed by atoms with E-state index in [0.29, 0.717) is 17.9 Å². The van der Waals surface area contributed by atoms with Gasteiger partial charge in [-0.1, -0.05) is 31.2 Å². The Balaban J connectivity index is 1.64. The maximum Gasteiger partial charge on any atom is 0.186 e. The topological polar surface area (TPSA) is 85.2 Å². The molecule has 0 aliphatic heterocycles. The van der Waals surface area contributed by atoms with Crippen molar-refractivity contribution < 1.29 is 0 Å². The Hall–Kier alpha value is -3.31. The molecule has 4 rings (SSSR count). The SMILES string of the molecule is CCc1ccc(-n2ncc(-c3nnnn3Cc3ccc(C#N)cc3)c2Br)cc1. The smallest absolute Gasteiger partial charge is 0.186 e. The van der Waals surface area contributed by atoms with E-state index in [2.05, 4.69) is 61.7 Å². The van der Waals surface area contributed by atoms with Gasteiger partial charge in [0, 0.05) is 0 Å². The van der Waals surface area contributed by atoms with Gasteiger partial charge in [0.2, 0.25) is 0 Å². The minimum absolute atomic E-state index is 0.497. The van der Waals surface area contributed by atoms with Crippen molar-refractivity contribution in [1.82, 2.24) is 30.0 Å². The highest BCUT2D eigenvalue weighted by Crippen LogP contribution is 2.28. The fourth-order valence-corrected chi connectivity index (χ4v) is 3.47. The Morgan fingerprint density at radius 2 is 1.75 bits per heavy atom. The average molecular weight is 434 g/mol. The van der Waals surface area contributed by atoms with Gasteiger partial charge in [-0.15, -0.1) is 5.10 Å². The van der Waals surface area contributed by atoms with E-state index >= 15 is 0 Å². The molecule has 0 aliphatic rings. The fourth-order valence-electron chi connectivity index (χ4n) is 2.90. The van der Waals surface area contributed by atoms with Crippen LogP contribution in [0.25, 0.3) is 17.1 Å². The summed E-state index contributed by atoms with van der Waals surface area (Å²) in [6.45, 7) is 2.63. The first-order chi connectivity index (χ1) is 13.7. The number of rotatable bonds is 5. The van der Waals surface area contributed by atoms with E-state index in [9.17, 15) is 0 Å². The second-order valence-electron chi connectivity index (χ2n) is 6.25. The number of nitrogens with zero attached hydrogens (tertiary/aromatic N) is 7. The van der Waals surface area contributed by atoms with E-state index in [1.165, 1.54) is 5.56 Å². The van der Waals surface area contributed by atoms with Gasteiger partial charge in [-0.25, -0.2) is 9.36 Å². The van der Waals surface area contributed by atoms with Gasteiger partial charge in [-0.2, -0.15) is 10.4 Å². The Kier molecular flexibility index (Phi) is 5.00. The Morgan fingerprint density at radius 1 is 1.04 bits per heavy atom. The zero-order chi connectivity index (χ0) is 19.5. The number of tetrazole rings is 1. The predicted octanol–water partition coefficient (Wildman–Crippen LogP) is 3.77. The largest absolute Gasteiger partial charge is 0.226 e. The van der Waals surface area contributed by atoms with Gasteiger partial charge in [-0.3, -0.25) is 0 Å². The van der Waals surface area contributed by atoms with Crippen molar-refractivity contribution in [3.8, 4) is 23.1 Å². The van der Waals surface area contributed by atoms with Crippen LogP contribution in [0.15, 0.2) is 59.3 Å². The molecule has 0 unspecified atom stereocenters. The number of hydrogen-bond donors (Lipinski definition) is 0. The second-order valence-corrected chi connectivity index (χ2v) is 7.00. The first-order valence-corrected chi connectivity index (χ1v) is 9.57. The van der Waals surface area contributed by atoms with Crippen molar-refractivity contribution >= 4 is 15.9 Å². The van der Waals surface area contributed by atoms with Crippen LogP contribution in [-0.4, -0.2) is 30.0 Å². The van der Waals surface area contributed by atoms with Crippen LogP contribution in [0.2, 0.25) is 0 Å². The number of benzene rings is 2. The standard InChI is InChI=1S/C20H16BrN7/c1-2-14-7-9-17(10-8-14)28-19(21)18(12-23-28)20-24-25-26-27(20)13-16-5-3-15(11-22)4-6-16/h3-10,12H,2,13H2,1H3. The third kappa shape index (κ3) is 3.44. The predicted molar refractivity (Wildman–Crippen MR) is 108 cm³/mol. The molecule has 28 heavy (non-hydrogen) atoms.